The predicted octanol–water partition coefficient (Wildman–Crippen LogP) is 4.22. The Balaban J connectivity index is 1.71. The third-order valence-electron chi connectivity index (χ3n) is 4.16. The van der Waals surface area contributed by atoms with Crippen LogP contribution in [0.1, 0.15) is 34.0 Å². The highest BCUT2D eigenvalue weighted by Gasteiger charge is 2.12. The Morgan fingerprint density at radius 3 is 2.44 bits per heavy atom. The molecule has 0 bridgehead atoms. The number of nitrogens with zero attached hydrogens (tertiary/aromatic N) is 3. The van der Waals surface area contributed by atoms with Crippen LogP contribution in [0, 0.1) is 18.3 Å². The highest BCUT2D eigenvalue weighted by atomic mass is 16.1. The number of rotatable bonds is 5. The highest BCUT2D eigenvalue weighted by Crippen LogP contribution is 2.22. The maximum Gasteiger partial charge on any atom is 0.258 e. The summed E-state index contributed by atoms with van der Waals surface area (Å²) >= 11 is 0. The number of nitrogens with one attached hydrogen (secondary N) is 2. The van der Waals surface area contributed by atoms with Gasteiger partial charge < -0.3 is 10.6 Å². The van der Waals surface area contributed by atoms with Crippen molar-refractivity contribution in [3.63, 3.8) is 0 Å². The van der Waals surface area contributed by atoms with E-state index in [1.54, 1.807) is 24.3 Å². The van der Waals surface area contributed by atoms with Crippen molar-refractivity contribution in [1.82, 2.24) is 9.97 Å². The second kappa shape index (κ2) is 8.11. The van der Waals surface area contributed by atoms with E-state index in [1.807, 2.05) is 25.1 Å². The Bertz CT molecular complexity index is 989. The van der Waals surface area contributed by atoms with Crippen molar-refractivity contribution in [1.29, 1.82) is 5.26 Å². The molecule has 3 aromatic rings. The number of carbonyl (C=O) groups excluding carboxylic acids is 1. The smallest absolute Gasteiger partial charge is 0.258 e. The number of amides is 1. The van der Waals surface area contributed by atoms with Gasteiger partial charge in [0.1, 0.15) is 0 Å². The Morgan fingerprint density at radius 2 is 1.81 bits per heavy atom. The Hall–Kier alpha value is -3.72. The molecule has 0 aliphatic carbocycles. The van der Waals surface area contributed by atoms with Gasteiger partial charge in [-0.1, -0.05) is 25.1 Å². The van der Waals surface area contributed by atoms with E-state index < -0.39 is 0 Å². The van der Waals surface area contributed by atoms with Crippen molar-refractivity contribution in [3.8, 4) is 6.07 Å². The molecule has 0 aliphatic rings. The molecule has 0 radical (unpaired) electrons. The van der Waals surface area contributed by atoms with Crippen LogP contribution in [-0.4, -0.2) is 15.9 Å². The summed E-state index contributed by atoms with van der Waals surface area (Å²) in [6.45, 7) is 4.02. The first-order valence-electron chi connectivity index (χ1n) is 8.59. The summed E-state index contributed by atoms with van der Waals surface area (Å²) in [7, 11) is 0. The second-order valence-electron chi connectivity index (χ2n) is 6.03. The molecule has 134 valence electrons. The van der Waals surface area contributed by atoms with Gasteiger partial charge in [0.25, 0.3) is 5.91 Å². The van der Waals surface area contributed by atoms with Gasteiger partial charge in [-0.25, -0.2) is 9.97 Å². The zero-order chi connectivity index (χ0) is 19.2. The van der Waals surface area contributed by atoms with E-state index in [0.29, 0.717) is 17.1 Å². The van der Waals surface area contributed by atoms with Gasteiger partial charge in [0.15, 0.2) is 0 Å². The molecule has 0 spiro atoms. The van der Waals surface area contributed by atoms with E-state index in [9.17, 15) is 4.79 Å². The topological polar surface area (TPSA) is 90.7 Å². The van der Waals surface area contributed by atoms with Gasteiger partial charge in [0, 0.05) is 23.8 Å². The molecule has 27 heavy (non-hydrogen) atoms. The SMILES string of the molecule is CCc1cccc(C)c1NC(=O)c1cnc(Nc2ccc(C#N)cc2)nc1. The van der Waals surface area contributed by atoms with Crippen LogP contribution in [0.15, 0.2) is 54.9 Å². The number of hydrogen-bond donors (Lipinski definition) is 2. The van der Waals surface area contributed by atoms with E-state index >= 15 is 0 Å². The first-order valence-corrected chi connectivity index (χ1v) is 8.59. The monoisotopic (exact) mass is 357 g/mol. The van der Waals surface area contributed by atoms with E-state index in [1.165, 1.54) is 12.4 Å². The van der Waals surface area contributed by atoms with E-state index in [-0.39, 0.29) is 5.91 Å². The lowest BCUT2D eigenvalue weighted by atomic mass is 10.1. The quantitative estimate of drug-likeness (QED) is 0.713. The number of aromatic nitrogens is 2. The van der Waals surface area contributed by atoms with Crippen molar-refractivity contribution in [2.75, 3.05) is 10.6 Å². The fraction of sp³-hybridized carbons (Fsp3) is 0.143. The summed E-state index contributed by atoms with van der Waals surface area (Å²) < 4.78 is 0. The largest absolute Gasteiger partial charge is 0.324 e. The highest BCUT2D eigenvalue weighted by molar-refractivity contribution is 6.04. The third-order valence-corrected chi connectivity index (χ3v) is 4.16. The normalized spacial score (nSPS) is 10.1. The summed E-state index contributed by atoms with van der Waals surface area (Å²) in [5.41, 5.74) is 4.66. The lowest BCUT2D eigenvalue weighted by Crippen LogP contribution is -2.15. The minimum Gasteiger partial charge on any atom is -0.324 e. The maximum atomic E-state index is 12.5. The predicted molar refractivity (Wildman–Crippen MR) is 105 cm³/mol. The fourth-order valence-electron chi connectivity index (χ4n) is 2.65. The number of aryl methyl sites for hydroxylation is 2. The van der Waals surface area contributed by atoms with E-state index in [4.69, 9.17) is 5.26 Å². The number of anilines is 3. The van der Waals surface area contributed by atoms with Crippen LogP contribution in [-0.2, 0) is 6.42 Å². The number of hydrogen-bond acceptors (Lipinski definition) is 5. The number of para-hydroxylation sites is 1. The van der Waals surface area contributed by atoms with Crippen LogP contribution >= 0.6 is 0 Å². The van der Waals surface area contributed by atoms with Gasteiger partial charge in [0.2, 0.25) is 5.95 Å². The van der Waals surface area contributed by atoms with E-state index in [0.717, 1.165) is 28.9 Å². The summed E-state index contributed by atoms with van der Waals surface area (Å²) in [6, 6.07) is 15.0. The van der Waals surface area contributed by atoms with Crippen LogP contribution in [0.2, 0.25) is 0 Å². The number of carbonyl (C=O) groups is 1. The van der Waals surface area contributed by atoms with Crippen molar-refractivity contribution in [2.45, 2.75) is 20.3 Å². The van der Waals surface area contributed by atoms with Crippen LogP contribution in [0.5, 0.6) is 0 Å². The number of benzene rings is 2. The van der Waals surface area contributed by atoms with Crippen molar-refractivity contribution >= 4 is 23.2 Å². The lowest BCUT2D eigenvalue weighted by Gasteiger charge is -2.13. The molecular weight excluding hydrogens is 338 g/mol. The summed E-state index contributed by atoms with van der Waals surface area (Å²) in [5.74, 6) is 0.130. The fourth-order valence-corrected chi connectivity index (χ4v) is 2.65. The Kier molecular flexibility index (Phi) is 5.43. The Morgan fingerprint density at radius 1 is 1.11 bits per heavy atom. The molecule has 0 saturated heterocycles. The van der Waals surface area contributed by atoms with Gasteiger partial charge in [-0.15, -0.1) is 0 Å². The molecule has 0 atom stereocenters. The average Bonchev–Trinajstić information content (AvgIpc) is 2.70. The standard InChI is InChI=1S/C21H19N5O/c1-3-16-6-4-5-14(2)19(16)26-20(27)17-12-23-21(24-13-17)25-18-9-7-15(11-22)8-10-18/h4-10,12-13H,3H2,1-2H3,(H,26,27)(H,23,24,25). The average molecular weight is 357 g/mol. The van der Waals surface area contributed by atoms with Crippen molar-refractivity contribution < 1.29 is 4.79 Å². The van der Waals surface area contributed by atoms with Gasteiger partial charge in [-0.05, 0) is 48.7 Å². The first-order chi connectivity index (χ1) is 13.1. The van der Waals surface area contributed by atoms with Gasteiger partial charge in [0.05, 0.1) is 17.2 Å². The van der Waals surface area contributed by atoms with Crippen LogP contribution in [0.25, 0.3) is 0 Å². The zero-order valence-corrected chi connectivity index (χ0v) is 15.2. The van der Waals surface area contributed by atoms with Crippen molar-refractivity contribution in [2.24, 2.45) is 0 Å². The molecule has 6 heteroatoms. The summed E-state index contributed by atoms with van der Waals surface area (Å²) in [4.78, 5) is 20.9. The number of nitriles is 1. The third kappa shape index (κ3) is 4.28. The Labute approximate surface area is 157 Å². The molecule has 0 fully saturated rings. The lowest BCUT2D eigenvalue weighted by molar-refractivity contribution is 0.102. The first kappa shape index (κ1) is 18.1. The van der Waals surface area contributed by atoms with Crippen molar-refractivity contribution in [3.05, 3.63) is 77.1 Å². The van der Waals surface area contributed by atoms with Gasteiger partial charge in [-0.3, -0.25) is 4.79 Å². The molecule has 1 heterocycles. The molecule has 0 unspecified atom stereocenters. The molecule has 1 aromatic heterocycles. The molecule has 2 N–H and O–H groups in total. The van der Waals surface area contributed by atoms with Gasteiger partial charge >= 0.3 is 0 Å². The minimum atomic E-state index is -0.246. The molecular formula is C21H19N5O. The van der Waals surface area contributed by atoms with Crippen LogP contribution in [0.3, 0.4) is 0 Å². The van der Waals surface area contributed by atoms with E-state index in [2.05, 4.69) is 33.6 Å². The molecule has 0 aliphatic heterocycles. The zero-order valence-electron chi connectivity index (χ0n) is 15.2. The van der Waals surface area contributed by atoms with Gasteiger partial charge in [-0.2, -0.15) is 5.26 Å². The molecule has 0 saturated carbocycles. The molecule has 1 amide bonds. The molecule has 3 rings (SSSR count). The van der Waals surface area contributed by atoms with Crippen LogP contribution < -0.4 is 10.6 Å². The molecule has 2 aromatic carbocycles. The summed E-state index contributed by atoms with van der Waals surface area (Å²) in [6.07, 6.45) is 3.80. The maximum absolute atomic E-state index is 12.5. The minimum absolute atomic E-state index is 0.246. The molecule has 6 nitrogen and oxygen atoms in total. The second-order valence-corrected chi connectivity index (χ2v) is 6.03. The van der Waals surface area contributed by atoms with Crippen LogP contribution in [0.4, 0.5) is 17.3 Å². The summed E-state index contributed by atoms with van der Waals surface area (Å²) in [5, 5.41) is 14.8.